The van der Waals surface area contributed by atoms with Gasteiger partial charge < -0.3 is 10.1 Å². The van der Waals surface area contributed by atoms with Crippen molar-refractivity contribution in [2.24, 2.45) is 5.92 Å². The fraction of sp³-hybridized carbons (Fsp3) is 0.250. The number of hydrogen-bond acceptors (Lipinski definition) is 6. The number of ether oxygens (including phenoxy) is 1. The number of anilines is 1. The smallest absolute Gasteiger partial charge is 0.331 e. The summed E-state index contributed by atoms with van der Waals surface area (Å²) in [5.41, 5.74) is 3.04. The van der Waals surface area contributed by atoms with Crippen LogP contribution in [0.1, 0.15) is 35.0 Å². The summed E-state index contributed by atoms with van der Waals surface area (Å²) in [6.07, 6.45) is 5.62. The van der Waals surface area contributed by atoms with Crippen molar-refractivity contribution in [1.82, 2.24) is 4.98 Å². The Hall–Kier alpha value is -3.50. The number of thiophene rings is 1. The predicted octanol–water partition coefficient (Wildman–Crippen LogP) is 4.49. The monoisotopic (exact) mass is 431 g/mol. The number of nitriles is 1. The zero-order valence-electron chi connectivity index (χ0n) is 17.1. The van der Waals surface area contributed by atoms with Crippen LogP contribution in [-0.4, -0.2) is 23.5 Å². The van der Waals surface area contributed by atoms with Gasteiger partial charge in [-0.25, -0.2) is 9.78 Å². The van der Waals surface area contributed by atoms with Gasteiger partial charge in [0.1, 0.15) is 11.1 Å². The maximum atomic E-state index is 12.3. The van der Waals surface area contributed by atoms with Gasteiger partial charge in [-0.05, 0) is 49.0 Å². The first-order valence-electron chi connectivity index (χ1n) is 10.1. The second-order valence-corrected chi connectivity index (χ2v) is 8.69. The van der Waals surface area contributed by atoms with Gasteiger partial charge in [-0.3, -0.25) is 4.79 Å². The van der Waals surface area contributed by atoms with Gasteiger partial charge >= 0.3 is 5.97 Å². The van der Waals surface area contributed by atoms with Crippen LogP contribution >= 0.6 is 11.3 Å². The average molecular weight is 432 g/mol. The maximum absolute atomic E-state index is 12.3. The molecular formula is C24H21N3O3S. The minimum atomic E-state index is -0.634. The molecule has 0 bridgehead atoms. The normalized spacial score (nSPS) is 15.4. The van der Waals surface area contributed by atoms with E-state index in [9.17, 15) is 14.9 Å². The van der Waals surface area contributed by atoms with Crippen LogP contribution in [0.3, 0.4) is 0 Å². The van der Waals surface area contributed by atoms with E-state index in [-0.39, 0.29) is 0 Å². The number of nitrogens with one attached hydrogen (secondary N) is 1. The Morgan fingerprint density at radius 3 is 3.00 bits per heavy atom. The number of nitrogens with zero attached hydrogens (tertiary/aromatic N) is 2. The molecule has 0 spiro atoms. The summed E-state index contributed by atoms with van der Waals surface area (Å²) in [6.45, 7) is 1.77. The number of hydrogen-bond donors (Lipinski definition) is 1. The van der Waals surface area contributed by atoms with Crippen LogP contribution in [0.2, 0.25) is 0 Å². The predicted molar refractivity (Wildman–Crippen MR) is 121 cm³/mol. The maximum Gasteiger partial charge on any atom is 0.331 e. The van der Waals surface area contributed by atoms with E-state index in [0.717, 1.165) is 40.6 Å². The van der Waals surface area contributed by atoms with Gasteiger partial charge in [0, 0.05) is 16.3 Å². The molecule has 0 saturated heterocycles. The first-order chi connectivity index (χ1) is 15.0. The van der Waals surface area contributed by atoms with E-state index in [1.165, 1.54) is 17.4 Å². The summed E-state index contributed by atoms with van der Waals surface area (Å²) < 4.78 is 5.03. The van der Waals surface area contributed by atoms with Crippen LogP contribution in [0.4, 0.5) is 5.00 Å². The molecule has 1 N–H and O–H groups in total. The lowest BCUT2D eigenvalue weighted by Gasteiger charge is -2.17. The quantitative estimate of drug-likeness (QED) is 0.475. The fourth-order valence-corrected chi connectivity index (χ4v) is 5.01. The lowest BCUT2D eigenvalue weighted by molar-refractivity contribution is -0.142. The van der Waals surface area contributed by atoms with Gasteiger partial charge in [0.25, 0.3) is 5.91 Å². The summed E-state index contributed by atoms with van der Waals surface area (Å²) in [4.78, 5) is 29.9. The zero-order chi connectivity index (χ0) is 21.8. The Kier molecular flexibility index (Phi) is 6.10. The lowest BCUT2D eigenvalue weighted by atomic mass is 9.89. The van der Waals surface area contributed by atoms with Crippen molar-refractivity contribution in [3.05, 3.63) is 64.2 Å². The number of pyridine rings is 1. The third kappa shape index (κ3) is 4.81. The average Bonchev–Trinajstić information content (AvgIpc) is 3.11. The van der Waals surface area contributed by atoms with Crippen LogP contribution in [0, 0.1) is 17.2 Å². The lowest BCUT2D eigenvalue weighted by Crippen LogP contribution is -2.20. The Labute approximate surface area is 184 Å². The number of aromatic nitrogens is 1. The first-order valence-corrected chi connectivity index (χ1v) is 10.9. The molecule has 1 unspecified atom stereocenters. The van der Waals surface area contributed by atoms with Gasteiger partial charge in [0.05, 0.1) is 16.8 Å². The summed E-state index contributed by atoms with van der Waals surface area (Å²) in [6, 6.07) is 13.6. The number of rotatable bonds is 5. The Bertz CT molecular complexity index is 1220. The molecule has 2 heterocycles. The van der Waals surface area contributed by atoms with Gasteiger partial charge in [0.15, 0.2) is 6.61 Å². The molecule has 1 aromatic carbocycles. The summed E-state index contributed by atoms with van der Waals surface area (Å²) in [5, 5.41) is 13.8. The molecule has 6 nitrogen and oxygen atoms in total. The molecule has 0 aliphatic heterocycles. The minimum Gasteiger partial charge on any atom is -0.452 e. The molecule has 1 aliphatic rings. The molecule has 1 amide bonds. The standard InChI is InChI=1S/C24H21N3O3S/c1-15-6-10-18-19(13-25)24(31-21(18)12-15)27-22(28)14-30-23(29)11-9-17-8-7-16-4-2-3-5-20(16)26-17/h2-5,7-9,11,15H,6,10,12,14H2,1H3,(H,27,28)/b11-9+. The first kappa shape index (κ1) is 20.8. The highest BCUT2D eigenvalue weighted by molar-refractivity contribution is 7.16. The molecule has 3 aromatic rings. The number of fused-ring (bicyclic) bond motifs is 2. The molecule has 0 fully saturated rings. The molecular weight excluding hydrogens is 410 g/mol. The van der Waals surface area contributed by atoms with Crippen LogP contribution in [-0.2, 0) is 27.2 Å². The van der Waals surface area contributed by atoms with Crippen LogP contribution in [0.15, 0.2) is 42.5 Å². The van der Waals surface area contributed by atoms with E-state index >= 15 is 0 Å². The molecule has 2 aromatic heterocycles. The number of esters is 1. The van der Waals surface area contributed by atoms with Crippen LogP contribution in [0.25, 0.3) is 17.0 Å². The van der Waals surface area contributed by atoms with Gasteiger partial charge in [-0.2, -0.15) is 5.26 Å². The van der Waals surface area contributed by atoms with E-state index in [1.54, 1.807) is 6.08 Å². The second-order valence-electron chi connectivity index (χ2n) is 7.59. The van der Waals surface area contributed by atoms with Gasteiger partial charge in [-0.15, -0.1) is 11.3 Å². The number of benzene rings is 1. The van der Waals surface area contributed by atoms with Crippen LogP contribution < -0.4 is 5.32 Å². The number of carbonyl (C=O) groups is 2. The number of carbonyl (C=O) groups excluding carboxylic acids is 2. The molecule has 1 atom stereocenters. The van der Waals surface area contributed by atoms with E-state index in [1.807, 2.05) is 36.4 Å². The molecule has 1 aliphatic carbocycles. The Morgan fingerprint density at radius 1 is 1.32 bits per heavy atom. The highest BCUT2D eigenvalue weighted by Gasteiger charge is 2.24. The summed E-state index contributed by atoms with van der Waals surface area (Å²) >= 11 is 1.44. The van der Waals surface area contributed by atoms with E-state index < -0.39 is 18.5 Å². The van der Waals surface area contributed by atoms with Gasteiger partial charge in [0.2, 0.25) is 0 Å². The molecule has 7 heteroatoms. The van der Waals surface area contributed by atoms with Crippen molar-refractivity contribution >= 4 is 45.2 Å². The third-order valence-electron chi connectivity index (χ3n) is 5.23. The minimum absolute atomic E-state index is 0.418. The van der Waals surface area contributed by atoms with Crippen LogP contribution in [0.5, 0.6) is 0 Å². The van der Waals surface area contributed by atoms with Crippen molar-refractivity contribution in [1.29, 1.82) is 5.26 Å². The third-order valence-corrected chi connectivity index (χ3v) is 6.40. The highest BCUT2D eigenvalue weighted by Crippen LogP contribution is 2.39. The number of amides is 1. The SMILES string of the molecule is CC1CCc2c(sc(NC(=O)COC(=O)/C=C/c3ccc4ccccc4n3)c2C#N)C1. The van der Waals surface area contributed by atoms with Crippen molar-refractivity contribution in [3.8, 4) is 6.07 Å². The highest BCUT2D eigenvalue weighted by atomic mass is 32.1. The topological polar surface area (TPSA) is 92.1 Å². The zero-order valence-corrected chi connectivity index (χ0v) is 17.9. The molecule has 4 rings (SSSR count). The van der Waals surface area contributed by atoms with Crippen molar-refractivity contribution in [3.63, 3.8) is 0 Å². The van der Waals surface area contributed by atoms with Crippen molar-refractivity contribution in [2.75, 3.05) is 11.9 Å². The summed E-state index contributed by atoms with van der Waals surface area (Å²) in [5.74, 6) is -0.523. The van der Waals surface area contributed by atoms with E-state index in [0.29, 0.717) is 22.2 Å². The molecule has 156 valence electrons. The molecule has 31 heavy (non-hydrogen) atoms. The Balaban J connectivity index is 1.34. The second kappa shape index (κ2) is 9.11. The van der Waals surface area contributed by atoms with Gasteiger partial charge in [-0.1, -0.05) is 31.2 Å². The van der Waals surface area contributed by atoms with E-state index in [4.69, 9.17) is 4.74 Å². The van der Waals surface area contributed by atoms with Crippen molar-refractivity contribution in [2.45, 2.75) is 26.2 Å². The largest absolute Gasteiger partial charge is 0.452 e. The molecule has 0 saturated carbocycles. The summed E-state index contributed by atoms with van der Waals surface area (Å²) in [7, 11) is 0. The fourth-order valence-electron chi connectivity index (χ4n) is 3.63. The number of para-hydroxylation sites is 1. The molecule has 0 radical (unpaired) electrons. The Morgan fingerprint density at radius 2 is 2.16 bits per heavy atom. The van der Waals surface area contributed by atoms with E-state index in [2.05, 4.69) is 23.3 Å². The van der Waals surface area contributed by atoms with Crippen molar-refractivity contribution < 1.29 is 14.3 Å².